The maximum Gasteiger partial charge on any atom is 0.255 e. The van der Waals surface area contributed by atoms with E-state index in [0.29, 0.717) is 27.8 Å². The number of carbonyl (C=O) groups excluding carboxylic acids is 1. The van der Waals surface area contributed by atoms with E-state index in [1.807, 2.05) is 12.1 Å². The first kappa shape index (κ1) is 27.7. The first-order chi connectivity index (χ1) is 19.4. The van der Waals surface area contributed by atoms with Gasteiger partial charge in [-0.2, -0.15) is 0 Å². The summed E-state index contributed by atoms with van der Waals surface area (Å²) in [5.41, 5.74) is 2.34. The number of thiophene rings is 1. The van der Waals surface area contributed by atoms with Crippen LogP contribution in [0.15, 0.2) is 73.1 Å². The Morgan fingerprint density at radius 3 is 2.55 bits per heavy atom. The van der Waals surface area contributed by atoms with Crippen LogP contribution in [0.2, 0.25) is 15.1 Å². The molecule has 0 aliphatic carbocycles. The maximum absolute atomic E-state index is 13.4. The van der Waals surface area contributed by atoms with E-state index in [1.165, 1.54) is 29.8 Å². The summed E-state index contributed by atoms with van der Waals surface area (Å²) in [6.45, 7) is 0.296. The molecule has 0 spiro atoms. The van der Waals surface area contributed by atoms with Gasteiger partial charge in [-0.3, -0.25) is 4.79 Å². The summed E-state index contributed by atoms with van der Waals surface area (Å²) in [4.78, 5) is 21.9. The number of nitrogens with zero attached hydrogens (tertiary/aromatic N) is 2. The smallest absolute Gasteiger partial charge is 0.255 e. The third-order valence-electron chi connectivity index (χ3n) is 5.53. The molecule has 2 heterocycles. The zero-order valence-electron chi connectivity index (χ0n) is 20.5. The molecule has 11 heteroatoms. The number of hydrogen-bond donors (Lipinski definition) is 2. The number of aromatic nitrogens is 2. The third-order valence-corrected chi connectivity index (χ3v) is 7.50. The standard InChI is InChI=1S/C29H18Cl3FN4O2S/c30-21-7-2-8-22(31)26(21)29(38)34-11-3-6-20-14-24-27(40-20)28(36-16-35-24)37-19-9-10-25(23(32)13-19)39-15-17-4-1-5-18(33)12-17/h1-2,4-5,7-10,12-14,16H,11,15H2,(H,34,38)(H,35,36,37). The predicted octanol–water partition coefficient (Wildman–Crippen LogP) is 7.89. The Balaban J connectivity index is 1.24. The van der Waals surface area contributed by atoms with E-state index in [9.17, 15) is 9.18 Å². The van der Waals surface area contributed by atoms with Gasteiger partial charge in [-0.1, -0.05) is 64.8 Å². The highest BCUT2D eigenvalue weighted by Gasteiger charge is 2.14. The van der Waals surface area contributed by atoms with Crippen LogP contribution in [0, 0.1) is 17.7 Å². The molecule has 0 radical (unpaired) electrons. The Bertz CT molecular complexity index is 1760. The van der Waals surface area contributed by atoms with E-state index in [2.05, 4.69) is 32.4 Å². The van der Waals surface area contributed by atoms with Crippen LogP contribution in [0.25, 0.3) is 10.2 Å². The van der Waals surface area contributed by atoms with Crippen LogP contribution in [0.1, 0.15) is 20.8 Å². The largest absolute Gasteiger partial charge is 0.487 e. The van der Waals surface area contributed by atoms with Crippen LogP contribution in [-0.4, -0.2) is 22.4 Å². The van der Waals surface area contributed by atoms with E-state index in [4.69, 9.17) is 39.5 Å². The number of carbonyl (C=O) groups is 1. The van der Waals surface area contributed by atoms with Crippen LogP contribution in [0.4, 0.5) is 15.9 Å². The Morgan fingerprint density at radius 2 is 1.77 bits per heavy atom. The van der Waals surface area contributed by atoms with Crippen LogP contribution in [0.5, 0.6) is 5.75 Å². The van der Waals surface area contributed by atoms with Gasteiger partial charge < -0.3 is 15.4 Å². The monoisotopic (exact) mass is 610 g/mol. The molecule has 5 rings (SSSR count). The molecule has 3 aromatic carbocycles. The summed E-state index contributed by atoms with van der Waals surface area (Å²) < 4.78 is 20.0. The van der Waals surface area contributed by atoms with E-state index < -0.39 is 5.91 Å². The van der Waals surface area contributed by atoms with Crippen molar-refractivity contribution in [1.29, 1.82) is 0 Å². The number of ether oxygens (including phenoxy) is 1. The van der Waals surface area contributed by atoms with Crippen molar-refractivity contribution in [3.63, 3.8) is 0 Å². The number of amides is 1. The molecular weight excluding hydrogens is 594 g/mol. The molecule has 2 aromatic heterocycles. The van der Waals surface area contributed by atoms with Gasteiger partial charge in [0.15, 0.2) is 5.82 Å². The minimum Gasteiger partial charge on any atom is -0.487 e. The van der Waals surface area contributed by atoms with Crippen molar-refractivity contribution >= 4 is 73.8 Å². The number of halogens is 4. The van der Waals surface area contributed by atoms with Crippen LogP contribution in [-0.2, 0) is 6.61 Å². The molecule has 200 valence electrons. The average molecular weight is 612 g/mol. The second-order valence-corrected chi connectivity index (χ2v) is 10.6. The fourth-order valence-corrected chi connectivity index (χ4v) is 5.42. The van der Waals surface area contributed by atoms with Crippen molar-refractivity contribution in [3.8, 4) is 17.6 Å². The molecule has 0 bridgehead atoms. The van der Waals surface area contributed by atoms with Crippen LogP contribution in [0.3, 0.4) is 0 Å². The van der Waals surface area contributed by atoms with Crippen molar-refractivity contribution in [2.24, 2.45) is 0 Å². The molecule has 6 nitrogen and oxygen atoms in total. The second kappa shape index (κ2) is 12.5. The summed E-state index contributed by atoms with van der Waals surface area (Å²) in [5.74, 6) is 6.32. The molecule has 0 fully saturated rings. The van der Waals surface area contributed by atoms with Gasteiger partial charge >= 0.3 is 0 Å². The lowest BCUT2D eigenvalue weighted by Crippen LogP contribution is -2.24. The number of fused-ring (bicyclic) bond motifs is 1. The number of rotatable bonds is 7. The van der Waals surface area contributed by atoms with Gasteiger partial charge in [0.1, 0.15) is 24.5 Å². The molecule has 1 amide bonds. The second-order valence-electron chi connectivity index (χ2n) is 8.32. The van der Waals surface area contributed by atoms with E-state index in [1.54, 1.807) is 42.5 Å². The average Bonchev–Trinajstić information content (AvgIpc) is 3.35. The van der Waals surface area contributed by atoms with E-state index in [-0.39, 0.29) is 34.6 Å². The highest BCUT2D eigenvalue weighted by molar-refractivity contribution is 7.20. The molecule has 40 heavy (non-hydrogen) atoms. The Labute approximate surface area is 248 Å². The number of benzene rings is 3. The van der Waals surface area contributed by atoms with Crippen molar-refractivity contribution < 1.29 is 13.9 Å². The zero-order chi connectivity index (χ0) is 28.1. The SMILES string of the molecule is O=C(NCC#Cc1cc2ncnc(Nc3ccc(OCc4cccc(F)c4)c(Cl)c3)c2s1)c1c(Cl)cccc1Cl. The van der Waals surface area contributed by atoms with Crippen LogP contribution >= 0.6 is 46.1 Å². The molecule has 0 aliphatic rings. The molecule has 0 saturated heterocycles. The fourth-order valence-electron chi connectivity index (χ4n) is 3.68. The zero-order valence-corrected chi connectivity index (χ0v) is 23.6. The van der Waals surface area contributed by atoms with E-state index >= 15 is 0 Å². The van der Waals surface area contributed by atoms with E-state index in [0.717, 1.165) is 15.1 Å². The van der Waals surface area contributed by atoms with Gasteiger partial charge in [-0.25, -0.2) is 14.4 Å². The van der Waals surface area contributed by atoms with Gasteiger partial charge in [-0.15, -0.1) is 11.3 Å². The number of hydrogen-bond acceptors (Lipinski definition) is 6. The molecule has 0 aliphatic heterocycles. The first-order valence-corrected chi connectivity index (χ1v) is 13.7. The minimum atomic E-state index is -0.400. The minimum absolute atomic E-state index is 0.109. The van der Waals surface area contributed by atoms with Crippen molar-refractivity contribution in [1.82, 2.24) is 15.3 Å². The molecular formula is C29H18Cl3FN4O2S. The van der Waals surface area contributed by atoms with Crippen molar-refractivity contribution in [2.45, 2.75) is 6.61 Å². The van der Waals surface area contributed by atoms with Gasteiger partial charge in [0, 0.05) is 5.69 Å². The lowest BCUT2D eigenvalue weighted by Gasteiger charge is -2.11. The molecule has 0 unspecified atom stereocenters. The summed E-state index contributed by atoms with van der Waals surface area (Å²) in [6, 6.07) is 18.2. The topological polar surface area (TPSA) is 76.1 Å². The van der Waals surface area contributed by atoms with Gasteiger partial charge in [-0.05, 0) is 54.1 Å². The Kier molecular flexibility index (Phi) is 8.68. The lowest BCUT2D eigenvalue weighted by molar-refractivity contribution is 0.0959. The van der Waals surface area contributed by atoms with Gasteiger partial charge in [0.05, 0.1) is 42.3 Å². The Morgan fingerprint density at radius 1 is 0.975 bits per heavy atom. The highest BCUT2D eigenvalue weighted by atomic mass is 35.5. The summed E-state index contributed by atoms with van der Waals surface area (Å²) in [6.07, 6.45) is 1.46. The molecule has 2 N–H and O–H groups in total. The summed E-state index contributed by atoms with van der Waals surface area (Å²) in [5, 5.41) is 6.90. The number of anilines is 2. The lowest BCUT2D eigenvalue weighted by atomic mass is 10.2. The van der Waals surface area contributed by atoms with Gasteiger partial charge in [0.25, 0.3) is 5.91 Å². The molecule has 5 aromatic rings. The van der Waals surface area contributed by atoms with Gasteiger partial charge in [0.2, 0.25) is 0 Å². The van der Waals surface area contributed by atoms with Crippen molar-refractivity contribution in [2.75, 3.05) is 11.9 Å². The molecule has 0 atom stereocenters. The van der Waals surface area contributed by atoms with Crippen LogP contribution < -0.4 is 15.4 Å². The predicted molar refractivity (Wildman–Crippen MR) is 159 cm³/mol. The summed E-state index contributed by atoms with van der Waals surface area (Å²) in [7, 11) is 0. The summed E-state index contributed by atoms with van der Waals surface area (Å²) >= 11 is 20.0. The first-order valence-electron chi connectivity index (χ1n) is 11.8. The Hall–Kier alpha value is -3.87. The molecule has 0 saturated carbocycles. The fraction of sp³-hybridized carbons (Fsp3) is 0.0690. The third kappa shape index (κ3) is 6.64. The maximum atomic E-state index is 13.4. The van der Waals surface area contributed by atoms with Crippen molar-refractivity contribution in [3.05, 3.63) is 110 Å². The highest BCUT2D eigenvalue weighted by Crippen LogP contribution is 2.33. The normalized spacial score (nSPS) is 10.6. The number of nitrogens with one attached hydrogen (secondary N) is 2. The quantitative estimate of drug-likeness (QED) is 0.183.